The van der Waals surface area contributed by atoms with Gasteiger partial charge in [-0.1, -0.05) is 0 Å². The number of halogens is 3. The van der Waals surface area contributed by atoms with Crippen molar-refractivity contribution in [2.45, 2.75) is 50.5 Å². The van der Waals surface area contributed by atoms with E-state index in [-0.39, 0.29) is 17.9 Å². The lowest BCUT2D eigenvalue weighted by Gasteiger charge is -2.44. The zero-order chi connectivity index (χ0) is 26.2. The molecule has 0 spiro atoms. The van der Waals surface area contributed by atoms with Crippen molar-refractivity contribution in [2.24, 2.45) is 5.73 Å². The molecule has 10 heteroatoms. The molecule has 0 bridgehead atoms. The summed E-state index contributed by atoms with van der Waals surface area (Å²) in [6, 6.07) is 5.06. The highest BCUT2D eigenvalue weighted by atomic mass is 19.1. The van der Waals surface area contributed by atoms with Gasteiger partial charge in [-0.25, -0.2) is 18.2 Å². The second-order valence-corrected chi connectivity index (χ2v) is 9.00. The number of hydrogen-bond donors (Lipinski definition) is 2. The number of ether oxygens (including phenoxy) is 2. The minimum absolute atomic E-state index is 0.0778. The number of hydrogen-bond acceptors (Lipinski definition) is 7. The second kappa shape index (κ2) is 9.96. The number of carbonyl (C=O) groups is 1. The van der Waals surface area contributed by atoms with E-state index in [2.05, 4.69) is 9.97 Å². The minimum Gasteiger partial charge on any atom is -0.497 e. The third-order valence-electron chi connectivity index (χ3n) is 6.67. The van der Waals surface area contributed by atoms with E-state index in [9.17, 15) is 23.1 Å². The van der Waals surface area contributed by atoms with Gasteiger partial charge >= 0.3 is 0 Å². The molecule has 1 aromatic carbocycles. The number of aliphatic hydroxyl groups is 1. The summed E-state index contributed by atoms with van der Waals surface area (Å²) in [5.74, 6) is -3.73. The molecule has 3 aromatic rings. The van der Waals surface area contributed by atoms with E-state index in [0.717, 1.165) is 24.3 Å². The molecule has 0 amide bonds. The molecule has 0 saturated carbocycles. The molecule has 2 aromatic heterocycles. The second-order valence-electron chi connectivity index (χ2n) is 9.00. The van der Waals surface area contributed by atoms with E-state index in [1.807, 2.05) is 0 Å². The van der Waals surface area contributed by atoms with Crippen LogP contribution < -0.4 is 10.5 Å². The Labute approximate surface area is 206 Å². The van der Waals surface area contributed by atoms with Gasteiger partial charge in [0.1, 0.15) is 40.2 Å². The number of aromatic nitrogens is 2. The Kier molecular flexibility index (Phi) is 7.12. The van der Waals surface area contributed by atoms with Crippen LogP contribution in [0.5, 0.6) is 5.75 Å². The van der Waals surface area contributed by atoms with Gasteiger partial charge in [-0.05, 0) is 49.6 Å². The minimum atomic E-state index is -1.21. The summed E-state index contributed by atoms with van der Waals surface area (Å²) in [5, 5.41) is 10.5. The first-order valence-electron chi connectivity index (χ1n) is 11.3. The van der Waals surface area contributed by atoms with Crippen molar-refractivity contribution in [1.29, 1.82) is 0 Å². The standard InChI is InChI=1S/C26H26F3N3O4/c1-13-26(2,34)23(30)11-22(36-13)16-6-7-31-12-14(16)8-21(33)20-5-4-17(27)25(32-20)24-18(28)9-15(35-3)10-19(24)29/h4-7,9-10,12-13,22-23,34H,8,11,30H2,1-3H3/t13-,22-,23-,26-/m1/s1. The first-order chi connectivity index (χ1) is 17.0. The molecule has 0 radical (unpaired) electrons. The first-order valence-corrected chi connectivity index (χ1v) is 11.3. The van der Waals surface area contributed by atoms with Crippen LogP contribution in [0.2, 0.25) is 0 Å². The fourth-order valence-corrected chi connectivity index (χ4v) is 4.24. The van der Waals surface area contributed by atoms with Crippen LogP contribution in [0.15, 0.2) is 42.7 Å². The van der Waals surface area contributed by atoms with Gasteiger partial charge in [0.15, 0.2) is 5.78 Å². The van der Waals surface area contributed by atoms with Gasteiger partial charge in [-0.15, -0.1) is 0 Å². The number of nitrogens with two attached hydrogens (primary N) is 1. The van der Waals surface area contributed by atoms with Gasteiger partial charge in [0, 0.05) is 37.0 Å². The van der Waals surface area contributed by atoms with E-state index in [1.54, 1.807) is 26.1 Å². The van der Waals surface area contributed by atoms with Crippen LogP contribution in [-0.2, 0) is 11.2 Å². The zero-order valence-corrected chi connectivity index (χ0v) is 20.0. The molecule has 0 unspecified atom stereocenters. The normalized spacial score (nSPS) is 23.9. The van der Waals surface area contributed by atoms with Crippen molar-refractivity contribution in [3.8, 4) is 17.0 Å². The Morgan fingerprint density at radius 2 is 1.92 bits per heavy atom. The average molecular weight is 502 g/mol. The van der Waals surface area contributed by atoms with Crippen molar-refractivity contribution in [3.63, 3.8) is 0 Å². The molecule has 36 heavy (non-hydrogen) atoms. The topological polar surface area (TPSA) is 108 Å². The van der Waals surface area contributed by atoms with Crippen LogP contribution in [0.1, 0.15) is 48.0 Å². The van der Waals surface area contributed by atoms with Crippen molar-refractivity contribution < 1.29 is 32.5 Å². The number of ketones is 1. The summed E-state index contributed by atoms with van der Waals surface area (Å²) in [6.45, 7) is 3.33. The summed E-state index contributed by atoms with van der Waals surface area (Å²) in [7, 11) is 1.24. The Bertz CT molecular complexity index is 1260. The van der Waals surface area contributed by atoms with E-state index in [0.29, 0.717) is 17.5 Å². The van der Waals surface area contributed by atoms with Gasteiger partial charge in [0.05, 0.1) is 24.9 Å². The van der Waals surface area contributed by atoms with Crippen LogP contribution >= 0.6 is 0 Å². The molecule has 0 aliphatic carbocycles. The monoisotopic (exact) mass is 501 g/mol. The summed E-state index contributed by atoms with van der Waals surface area (Å²) < 4.78 is 54.5. The largest absolute Gasteiger partial charge is 0.497 e. The molecule has 1 aliphatic rings. The fourth-order valence-electron chi connectivity index (χ4n) is 4.24. The molecule has 1 saturated heterocycles. The lowest BCUT2D eigenvalue weighted by Crippen LogP contribution is -2.58. The van der Waals surface area contributed by atoms with Gasteiger partial charge in [0.25, 0.3) is 0 Å². The van der Waals surface area contributed by atoms with Gasteiger partial charge in [-0.3, -0.25) is 9.78 Å². The highest BCUT2D eigenvalue weighted by Crippen LogP contribution is 2.37. The molecule has 1 aliphatic heterocycles. The number of rotatable bonds is 6. The Morgan fingerprint density at radius 3 is 2.56 bits per heavy atom. The van der Waals surface area contributed by atoms with Gasteiger partial charge < -0.3 is 20.3 Å². The van der Waals surface area contributed by atoms with Crippen LogP contribution in [0.3, 0.4) is 0 Å². The van der Waals surface area contributed by atoms with E-state index >= 15 is 0 Å². The number of nitrogens with zero attached hydrogens (tertiary/aromatic N) is 2. The summed E-state index contributed by atoms with van der Waals surface area (Å²) in [5.41, 5.74) is 4.67. The molecule has 3 heterocycles. The molecule has 4 atom stereocenters. The molecule has 1 fully saturated rings. The van der Waals surface area contributed by atoms with E-state index in [1.165, 1.54) is 13.3 Å². The predicted molar refractivity (Wildman–Crippen MR) is 125 cm³/mol. The number of benzene rings is 1. The molecule has 7 nitrogen and oxygen atoms in total. The predicted octanol–water partition coefficient (Wildman–Crippen LogP) is 3.92. The Hall–Kier alpha value is -3.34. The van der Waals surface area contributed by atoms with E-state index in [4.69, 9.17) is 15.2 Å². The third kappa shape index (κ3) is 4.84. The van der Waals surface area contributed by atoms with Gasteiger partial charge in [-0.2, -0.15) is 0 Å². The Balaban J connectivity index is 1.63. The smallest absolute Gasteiger partial charge is 0.185 e. The summed E-state index contributed by atoms with van der Waals surface area (Å²) >= 11 is 0. The number of Topliss-reactive ketones (excluding diaryl/α,β-unsaturated/α-hetero) is 1. The Morgan fingerprint density at radius 1 is 1.22 bits per heavy atom. The van der Waals surface area contributed by atoms with Crippen LogP contribution in [0, 0.1) is 17.5 Å². The zero-order valence-electron chi connectivity index (χ0n) is 20.0. The van der Waals surface area contributed by atoms with Crippen molar-refractivity contribution >= 4 is 5.78 Å². The summed E-state index contributed by atoms with van der Waals surface area (Å²) in [6.07, 6.45) is 2.16. The number of carbonyl (C=O) groups excluding carboxylic acids is 1. The van der Waals surface area contributed by atoms with Crippen LogP contribution in [-0.4, -0.2) is 45.7 Å². The van der Waals surface area contributed by atoms with E-state index < -0.39 is 58.3 Å². The lowest BCUT2D eigenvalue weighted by atomic mass is 9.82. The van der Waals surface area contributed by atoms with Crippen LogP contribution in [0.25, 0.3) is 11.3 Å². The van der Waals surface area contributed by atoms with Crippen LogP contribution in [0.4, 0.5) is 13.2 Å². The third-order valence-corrected chi connectivity index (χ3v) is 6.67. The highest BCUT2D eigenvalue weighted by molar-refractivity contribution is 5.96. The maximum absolute atomic E-state index is 14.6. The fraction of sp³-hybridized carbons (Fsp3) is 0.346. The quantitative estimate of drug-likeness (QED) is 0.493. The number of methoxy groups -OCH3 is 1. The molecule has 3 N–H and O–H groups in total. The molecular formula is C26H26F3N3O4. The average Bonchev–Trinajstić information content (AvgIpc) is 2.83. The summed E-state index contributed by atoms with van der Waals surface area (Å²) in [4.78, 5) is 21.2. The first kappa shape index (κ1) is 25.7. The van der Waals surface area contributed by atoms with Crippen molar-refractivity contribution in [1.82, 2.24) is 9.97 Å². The maximum atomic E-state index is 14.6. The van der Waals surface area contributed by atoms with Gasteiger partial charge in [0.2, 0.25) is 0 Å². The molecule has 190 valence electrons. The molecular weight excluding hydrogens is 475 g/mol. The number of pyridine rings is 2. The highest BCUT2D eigenvalue weighted by Gasteiger charge is 2.43. The van der Waals surface area contributed by atoms with Crippen molar-refractivity contribution in [3.05, 3.63) is 77.0 Å². The lowest BCUT2D eigenvalue weighted by molar-refractivity contribution is -0.171. The maximum Gasteiger partial charge on any atom is 0.185 e. The SMILES string of the molecule is COc1cc(F)c(-c2nc(C(=O)Cc3cnccc3[C@H]3C[C@@H](N)[C@](C)(O)[C@@H](C)O3)ccc2F)c(F)c1. The molecule has 4 rings (SSSR count). The van der Waals surface area contributed by atoms with Crippen molar-refractivity contribution in [2.75, 3.05) is 7.11 Å².